The van der Waals surface area contributed by atoms with Gasteiger partial charge in [-0.3, -0.25) is 4.79 Å². The Morgan fingerprint density at radius 2 is 2.53 bits per heavy atom. The van der Waals surface area contributed by atoms with E-state index in [4.69, 9.17) is 5.26 Å². The maximum Gasteiger partial charge on any atom is 0.220 e. The van der Waals surface area contributed by atoms with E-state index in [-0.39, 0.29) is 11.8 Å². The van der Waals surface area contributed by atoms with Gasteiger partial charge in [-0.1, -0.05) is 0 Å². The van der Waals surface area contributed by atoms with Gasteiger partial charge in [-0.05, 0) is 38.8 Å². The molecule has 0 aromatic carbocycles. The summed E-state index contributed by atoms with van der Waals surface area (Å²) in [7, 11) is 0. The lowest BCUT2D eigenvalue weighted by Crippen LogP contribution is -2.35. The van der Waals surface area contributed by atoms with Crippen LogP contribution in [0, 0.1) is 23.2 Å². The Bertz CT molecular complexity index is 241. The lowest BCUT2D eigenvalue weighted by molar-refractivity contribution is -0.122. The first-order chi connectivity index (χ1) is 7.22. The molecule has 1 rings (SSSR count). The van der Waals surface area contributed by atoms with E-state index >= 15 is 0 Å². The number of hydrogen-bond acceptors (Lipinski definition) is 3. The van der Waals surface area contributed by atoms with E-state index in [0.717, 1.165) is 25.9 Å². The summed E-state index contributed by atoms with van der Waals surface area (Å²) in [6.45, 7) is 4.29. The van der Waals surface area contributed by atoms with Crippen LogP contribution in [0.5, 0.6) is 0 Å². The Morgan fingerprint density at radius 1 is 1.73 bits per heavy atom. The quantitative estimate of drug-likeness (QED) is 0.714. The molecule has 84 valence electrons. The summed E-state index contributed by atoms with van der Waals surface area (Å²) in [5.74, 6) is 0.445. The maximum atomic E-state index is 11.5. The number of nitrogens with one attached hydrogen (secondary N) is 2. The Balaban J connectivity index is 2.15. The Kier molecular flexibility index (Phi) is 5.13. The van der Waals surface area contributed by atoms with E-state index < -0.39 is 0 Å². The summed E-state index contributed by atoms with van der Waals surface area (Å²) in [5.41, 5.74) is 0. The van der Waals surface area contributed by atoms with Crippen LogP contribution in [0.25, 0.3) is 0 Å². The number of carbonyl (C=O) groups is 1. The molecule has 1 aliphatic heterocycles. The third-order valence-corrected chi connectivity index (χ3v) is 2.70. The average Bonchev–Trinajstić information content (AvgIpc) is 2.27. The van der Waals surface area contributed by atoms with E-state index in [2.05, 4.69) is 16.7 Å². The molecule has 0 saturated carbocycles. The minimum Gasteiger partial charge on any atom is -0.355 e. The van der Waals surface area contributed by atoms with Crippen molar-refractivity contribution < 1.29 is 4.79 Å². The molecule has 1 fully saturated rings. The maximum absolute atomic E-state index is 11.5. The van der Waals surface area contributed by atoms with Gasteiger partial charge in [0.25, 0.3) is 0 Å². The van der Waals surface area contributed by atoms with Crippen molar-refractivity contribution in [2.75, 3.05) is 19.6 Å². The van der Waals surface area contributed by atoms with Crippen LogP contribution in [-0.2, 0) is 4.79 Å². The first-order valence-corrected chi connectivity index (χ1v) is 5.59. The first-order valence-electron chi connectivity index (χ1n) is 5.59. The monoisotopic (exact) mass is 209 g/mol. The number of piperidine rings is 1. The highest BCUT2D eigenvalue weighted by atomic mass is 16.1. The Hall–Kier alpha value is -1.08. The van der Waals surface area contributed by atoms with E-state index in [9.17, 15) is 4.79 Å². The van der Waals surface area contributed by atoms with Crippen LogP contribution >= 0.6 is 0 Å². The number of nitrogens with zero attached hydrogens (tertiary/aromatic N) is 1. The number of carbonyl (C=O) groups excluding carboxylic acids is 1. The highest BCUT2D eigenvalue weighted by Crippen LogP contribution is 2.13. The Labute approximate surface area is 91.0 Å². The SMILES string of the molecule is CC(C#N)CNC(=O)CC1CCCNC1. The zero-order valence-electron chi connectivity index (χ0n) is 9.25. The molecule has 2 atom stereocenters. The van der Waals surface area contributed by atoms with Crippen molar-refractivity contribution in [1.82, 2.24) is 10.6 Å². The largest absolute Gasteiger partial charge is 0.355 e. The van der Waals surface area contributed by atoms with Crippen LogP contribution in [0.15, 0.2) is 0 Å². The topological polar surface area (TPSA) is 64.9 Å². The fraction of sp³-hybridized carbons (Fsp3) is 0.818. The molecule has 0 aromatic heterocycles. The van der Waals surface area contributed by atoms with Gasteiger partial charge in [-0.25, -0.2) is 0 Å². The number of nitriles is 1. The number of amides is 1. The third-order valence-electron chi connectivity index (χ3n) is 2.70. The van der Waals surface area contributed by atoms with Gasteiger partial charge < -0.3 is 10.6 Å². The zero-order valence-corrected chi connectivity index (χ0v) is 9.25. The predicted octanol–water partition coefficient (Wildman–Crippen LogP) is 0.652. The Morgan fingerprint density at radius 3 is 3.13 bits per heavy atom. The van der Waals surface area contributed by atoms with Crippen molar-refractivity contribution in [2.24, 2.45) is 11.8 Å². The summed E-state index contributed by atoms with van der Waals surface area (Å²) < 4.78 is 0. The fourth-order valence-electron chi connectivity index (χ4n) is 1.75. The molecule has 15 heavy (non-hydrogen) atoms. The first kappa shape index (κ1) is 12.0. The van der Waals surface area contributed by atoms with Crippen LogP contribution < -0.4 is 10.6 Å². The average molecular weight is 209 g/mol. The van der Waals surface area contributed by atoms with Crippen molar-refractivity contribution in [3.63, 3.8) is 0 Å². The van der Waals surface area contributed by atoms with Gasteiger partial charge in [0.05, 0.1) is 12.0 Å². The van der Waals surface area contributed by atoms with Gasteiger partial charge in [-0.15, -0.1) is 0 Å². The fourth-order valence-corrected chi connectivity index (χ4v) is 1.75. The molecular formula is C11H19N3O. The number of hydrogen-bond donors (Lipinski definition) is 2. The smallest absolute Gasteiger partial charge is 0.220 e. The normalized spacial score (nSPS) is 22.8. The molecule has 0 aromatic rings. The second-order valence-corrected chi connectivity index (χ2v) is 4.25. The molecular weight excluding hydrogens is 190 g/mol. The molecule has 1 amide bonds. The van der Waals surface area contributed by atoms with Gasteiger partial charge in [0.2, 0.25) is 5.91 Å². The molecule has 1 aliphatic rings. The molecule has 2 unspecified atom stereocenters. The minimum atomic E-state index is -0.0987. The molecule has 1 heterocycles. The molecule has 0 radical (unpaired) electrons. The highest BCUT2D eigenvalue weighted by molar-refractivity contribution is 5.76. The van der Waals surface area contributed by atoms with Crippen LogP contribution in [-0.4, -0.2) is 25.5 Å². The van der Waals surface area contributed by atoms with Crippen LogP contribution in [0.4, 0.5) is 0 Å². The lowest BCUT2D eigenvalue weighted by Gasteiger charge is -2.22. The van der Waals surface area contributed by atoms with Crippen LogP contribution in [0.3, 0.4) is 0 Å². The number of rotatable bonds is 4. The van der Waals surface area contributed by atoms with E-state index in [0.29, 0.717) is 18.9 Å². The third kappa shape index (κ3) is 4.80. The summed E-state index contributed by atoms with van der Waals surface area (Å²) in [6, 6.07) is 2.10. The molecule has 2 N–H and O–H groups in total. The van der Waals surface area contributed by atoms with Crippen molar-refractivity contribution >= 4 is 5.91 Å². The van der Waals surface area contributed by atoms with Crippen molar-refractivity contribution in [3.05, 3.63) is 0 Å². The van der Waals surface area contributed by atoms with E-state index in [1.54, 1.807) is 0 Å². The zero-order chi connectivity index (χ0) is 11.1. The van der Waals surface area contributed by atoms with Crippen molar-refractivity contribution in [2.45, 2.75) is 26.2 Å². The summed E-state index contributed by atoms with van der Waals surface area (Å²) in [6.07, 6.45) is 2.88. The van der Waals surface area contributed by atoms with Gasteiger partial charge in [-0.2, -0.15) is 5.26 Å². The molecule has 0 bridgehead atoms. The molecule has 4 heteroatoms. The second kappa shape index (κ2) is 6.41. The predicted molar refractivity (Wildman–Crippen MR) is 58.0 cm³/mol. The lowest BCUT2D eigenvalue weighted by atomic mass is 9.96. The molecule has 4 nitrogen and oxygen atoms in total. The summed E-state index contributed by atoms with van der Waals surface area (Å²) in [4.78, 5) is 11.5. The van der Waals surface area contributed by atoms with E-state index in [1.807, 2.05) is 6.92 Å². The summed E-state index contributed by atoms with van der Waals surface area (Å²) in [5, 5.41) is 14.6. The second-order valence-electron chi connectivity index (χ2n) is 4.25. The van der Waals surface area contributed by atoms with Gasteiger partial charge in [0, 0.05) is 13.0 Å². The van der Waals surface area contributed by atoms with Crippen LogP contribution in [0.2, 0.25) is 0 Å². The van der Waals surface area contributed by atoms with Crippen molar-refractivity contribution in [3.8, 4) is 6.07 Å². The summed E-state index contributed by atoms with van der Waals surface area (Å²) >= 11 is 0. The van der Waals surface area contributed by atoms with Crippen molar-refractivity contribution in [1.29, 1.82) is 5.26 Å². The minimum absolute atomic E-state index is 0.0748. The highest BCUT2D eigenvalue weighted by Gasteiger charge is 2.16. The van der Waals surface area contributed by atoms with Crippen LogP contribution in [0.1, 0.15) is 26.2 Å². The van der Waals surface area contributed by atoms with Gasteiger partial charge >= 0.3 is 0 Å². The van der Waals surface area contributed by atoms with Gasteiger partial charge in [0.15, 0.2) is 0 Å². The molecule has 1 saturated heterocycles. The molecule has 0 aliphatic carbocycles. The standard InChI is InChI=1S/C11H19N3O/c1-9(6-12)7-14-11(15)5-10-3-2-4-13-8-10/h9-10,13H,2-5,7-8H2,1H3,(H,14,15). The molecule has 0 spiro atoms. The van der Waals surface area contributed by atoms with E-state index in [1.165, 1.54) is 0 Å². The van der Waals surface area contributed by atoms with Gasteiger partial charge in [0.1, 0.15) is 0 Å².